The van der Waals surface area contributed by atoms with Gasteiger partial charge >= 0.3 is 5.97 Å². The first-order valence-corrected chi connectivity index (χ1v) is 7.95. The van der Waals surface area contributed by atoms with E-state index >= 15 is 0 Å². The molecule has 19 heavy (non-hydrogen) atoms. The molecular formula is C15H21NO2S. The summed E-state index contributed by atoms with van der Waals surface area (Å²) in [6.07, 6.45) is 6.05. The third-order valence-corrected chi connectivity index (χ3v) is 4.78. The Morgan fingerprint density at radius 1 is 1.37 bits per heavy atom. The quantitative estimate of drug-likeness (QED) is 0.841. The van der Waals surface area contributed by atoms with Gasteiger partial charge in [-0.05, 0) is 43.2 Å². The van der Waals surface area contributed by atoms with Gasteiger partial charge in [0.1, 0.15) is 0 Å². The van der Waals surface area contributed by atoms with Crippen LogP contribution < -0.4 is 5.32 Å². The van der Waals surface area contributed by atoms with E-state index in [-0.39, 0.29) is 5.97 Å². The summed E-state index contributed by atoms with van der Waals surface area (Å²) in [6, 6.07) is 8.25. The van der Waals surface area contributed by atoms with Crippen molar-refractivity contribution in [2.75, 3.05) is 13.4 Å². The van der Waals surface area contributed by atoms with E-state index in [1.54, 1.807) is 0 Å². The Kier molecular flexibility index (Phi) is 5.28. The zero-order chi connectivity index (χ0) is 13.7. The summed E-state index contributed by atoms with van der Waals surface area (Å²) in [4.78, 5) is 11.3. The fraction of sp³-hybridized carbons (Fsp3) is 0.533. The monoisotopic (exact) mass is 279 g/mol. The number of carbonyl (C=O) groups is 1. The minimum Gasteiger partial charge on any atom is -0.465 e. The van der Waals surface area contributed by atoms with Crippen molar-refractivity contribution in [1.29, 1.82) is 0 Å². The zero-order valence-electron chi connectivity index (χ0n) is 11.5. The van der Waals surface area contributed by atoms with E-state index in [1.807, 2.05) is 36.0 Å². The average Bonchev–Trinajstić information content (AvgIpc) is 2.93. The predicted octanol–water partition coefficient (Wildman–Crippen LogP) is 2.85. The van der Waals surface area contributed by atoms with Crippen LogP contribution >= 0.6 is 11.8 Å². The lowest BCUT2D eigenvalue weighted by Crippen LogP contribution is -2.26. The molecule has 0 heterocycles. The molecule has 1 fully saturated rings. The van der Waals surface area contributed by atoms with Crippen LogP contribution in [0.25, 0.3) is 0 Å². The number of carbonyl (C=O) groups excluding carboxylic acids is 1. The minimum atomic E-state index is -0.280. The van der Waals surface area contributed by atoms with Gasteiger partial charge in [0.15, 0.2) is 0 Å². The van der Waals surface area contributed by atoms with Crippen LogP contribution in [0.5, 0.6) is 0 Å². The van der Waals surface area contributed by atoms with Crippen molar-refractivity contribution in [1.82, 2.24) is 5.32 Å². The highest BCUT2D eigenvalue weighted by Crippen LogP contribution is 2.28. The van der Waals surface area contributed by atoms with Gasteiger partial charge in [-0.3, -0.25) is 0 Å². The maximum Gasteiger partial charge on any atom is 0.337 e. The lowest BCUT2D eigenvalue weighted by atomic mass is 10.1. The number of ether oxygens (including phenoxy) is 1. The summed E-state index contributed by atoms with van der Waals surface area (Å²) in [6.45, 7) is 0.868. The minimum absolute atomic E-state index is 0.280. The first-order chi connectivity index (χ1) is 9.22. The van der Waals surface area contributed by atoms with Crippen LogP contribution in [0.1, 0.15) is 35.2 Å². The molecule has 0 saturated heterocycles. The van der Waals surface area contributed by atoms with Crippen LogP contribution in [0.15, 0.2) is 24.3 Å². The van der Waals surface area contributed by atoms with Crippen LogP contribution in [0.4, 0.5) is 0 Å². The summed E-state index contributed by atoms with van der Waals surface area (Å²) >= 11 is 1.97. The Labute approximate surface area is 119 Å². The van der Waals surface area contributed by atoms with Crippen molar-refractivity contribution in [3.63, 3.8) is 0 Å². The third kappa shape index (κ3) is 3.98. The highest BCUT2D eigenvalue weighted by molar-refractivity contribution is 7.99. The van der Waals surface area contributed by atoms with E-state index in [0.717, 1.165) is 11.8 Å². The molecule has 0 amide bonds. The topological polar surface area (TPSA) is 38.3 Å². The van der Waals surface area contributed by atoms with Crippen molar-refractivity contribution in [3.05, 3.63) is 35.4 Å². The Morgan fingerprint density at radius 2 is 2.11 bits per heavy atom. The lowest BCUT2D eigenvalue weighted by molar-refractivity contribution is 0.0600. The predicted molar refractivity (Wildman–Crippen MR) is 79.6 cm³/mol. The maximum absolute atomic E-state index is 11.3. The molecule has 0 aliphatic heterocycles. The van der Waals surface area contributed by atoms with Crippen molar-refractivity contribution in [2.24, 2.45) is 0 Å². The number of esters is 1. The van der Waals surface area contributed by atoms with E-state index in [1.165, 1.54) is 31.9 Å². The Morgan fingerprint density at radius 3 is 2.68 bits per heavy atom. The molecule has 2 rings (SSSR count). The van der Waals surface area contributed by atoms with Gasteiger partial charge in [0, 0.05) is 17.8 Å². The van der Waals surface area contributed by atoms with E-state index in [9.17, 15) is 4.79 Å². The zero-order valence-corrected chi connectivity index (χ0v) is 12.3. The molecule has 1 aliphatic carbocycles. The number of thioether (sulfide) groups is 1. The summed E-state index contributed by atoms with van der Waals surface area (Å²) in [7, 11) is 1.40. The molecule has 0 unspecified atom stereocenters. The number of rotatable bonds is 5. The molecule has 0 bridgehead atoms. The van der Waals surface area contributed by atoms with Gasteiger partial charge in [0.2, 0.25) is 0 Å². The van der Waals surface area contributed by atoms with Crippen LogP contribution in [-0.2, 0) is 11.3 Å². The molecule has 0 spiro atoms. The number of hydrogen-bond acceptors (Lipinski definition) is 4. The number of hydrogen-bond donors (Lipinski definition) is 1. The molecule has 1 aliphatic rings. The third-order valence-electron chi connectivity index (χ3n) is 3.69. The van der Waals surface area contributed by atoms with Crippen LogP contribution in [0.2, 0.25) is 0 Å². The Balaban J connectivity index is 1.82. The molecule has 104 valence electrons. The molecule has 4 heteroatoms. The first kappa shape index (κ1) is 14.4. The van der Waals surface area contributed by atoms with Crippen LogP contribution in [-0.4, -0.2) is 30.6 Å². The number of nitrogens with one attached hydrogen (secondary N) is 1. The van der Waals surface area contributed by atoms with Gasteiger partial charge in [-0.25, -0.2) is 4.79 Å². The second-order valence-corrected chi connectivity index (χ2v) is 6.08. The molecule has 1 N–H and O–H groups in total. The van der Waals surface area contributed by atoms with Gasteiger partial charge in [-0.1, -0.05) is 12.1 Å². The molecule has 0 radical (unpaired) electrons. The van der Waals surface area contributed by atoms with Crippen LogP contribution in [0.3, 0.4) is 0 Å². The number of benzene rings is 1. The van der Waals surface area contributed by atoms with Crippen molar-refractivity contribution in [2.45, 2.75) is 37.1 Å². The second kappa shape index (κ2) is 6.96. The van der Waals surface area contributed by atoms with Crippen molar-refractivity contribution in [3.8, 4) is 0 Å². The summed E-state index contributed by atoms with van der Waals surface area (Å²) in [5.41, 5.74) is 1.81. The van der Waals surface area contributed by atoms with Gasteiger partial charge in [-0.2, -0.15) is 11.8 Å². The van der Waals surface area contributed by atoms with E-state index in [4.69, 9.17) is 0 Å². The van der Waals surface area contributed by atoms with E-state index < -0.39 is 0 Å². The maximum atomic E-state index is 11.3. The normalized spacial score (nSPS) is 22.4. The highest BCUT2D eigenvalue weighted by atomic mass is 32.2. The second-order valence-electron chi connectivity index (χ2n) is 4.94. The lowest BCUT2D eigenvalue weighted by Gasteiger charge is -2.12. The van der Waals surface area contributed by atoms with Gasteiger partial charge in [-0.15, -0.1) is 0 Å². The SMILES string of the molecule is COC(=O)c1ccc(CN[C@H]2CC[C@@H](SC)C2)cc1. The molecule has 1 aromatic rings. The molecule has 0 aromatic heterocycles. The van der Waals surface area contributed by atoms with Crippen LogP contribution in [0, 0.1) is 0 Å². The van der Waals surface area contributed by atoms with Gasteiger partial charge in [0.25, 0.3) is 0 Å². The Bertz CT molecular complexity index is 419. The molecule has 1 saturated carbocycles. The number of methoxy groups -OCH3 is 1. The first-order valence-electron chi connectivity index (χ1n) is 6.66. The highest BCUT2D eigenvalue weighted by Gasteiger charge is 2.23. The van der Waals surface area contributed by atoms with Crippen molar-refractivity contribution >= 4 is 17.7 Å². The fourth-order valence-electron chi connectivity index (χ4n) is 2.48. The summed E-state index contributed by atoms with van der Waals surface area (Å²) in [5.74, 6) is -0.280. The standard InChI is InChI=1S/C15H21NO2S/c1-18-15(17)12-5-3-11(4-6-12)10-16-13-7-8-14(9-13)19-2/h3-6,13-14,16H,7-10H2,1-2H3/t13-,14+/m0/s1. The molecule has 1 aromatic carbocycles. The average molecular weight is 279 g/mol. The fourth-order valence-corrected chi connectivity index (χ4v) is 3.27. The Hall–Kier alpha value is -1.00. The molecule has 2 atom stereocenters. The van der Waals surface area contributed by atoms with Gasteiger partial charge in [0.05, 0.1) is 12.7 Å². The van der Waals surface area contributed by atoms with Crippen molar-refractivity contribution < 1.29 is 9.53 Å². The summed E-state index contributed by atoms with van der Waals surface area (Å²) in [5, 5.41) is 4.41. The smallest absolute Gasteiger partial charge is 0.337 e. The van der Waals surface area contributed by atoms with E-state index in [0.29, 0.717) is 11.6 Å². The molecular weight excluding hydrogens is 258 g/mol. The summed E-state index contributed by atoms with van der Waals surface area (Å²) < 4.78 is 4.68. The largest absolute Gasteiger partial charge is 0.465 e. The van der Waals surface area contributed by atoms with E-state index in [2.05, 4.69) is 16.3 Å². The van der Waals surface area contributed by atoms with Gasteiger partial charge < -0.3 is 10.1 Å². The molecule has 3 nitrogen and oxygen atoms in total.